The Kier molecular flexibility index (Phi) is 8.03. The second-order valence-corrected chi connectivity index (χ2v) is 10.7. The van der Waals surface area contributed by atoms with Gasteiger partial charge in [-0.1, -0.05) is 41.9 Å². The Labute approximate surface area is 220 Å². The number of halogens is 1. The Balaban J connectivity index is 1.70. The number of phenolic OH excluding ortho intramolecular Hbond substituents is 2. The molecule has 0 aliphatic rings. The van der Waals surface area contributed by atoms with Gasteiger partial charge in [0.15, 0.2) is 0 Å². The van der Waals surface area contributed by atoms with E-state index < -0.39 is 15.8 Å². The summed E-state index contributed by atoms with van der Waals surface area (Å²) >= 11 is 6.34. The Morgan fingerprint density at radius 3 is 2.54 bits per heavy atom. The Morgan fingerprint density at radius 2 is 1.78 bits per heavy atom. The molecule has 0 atom stereocenters. The number of hydrogen-bond donors (Lipinski definition) is 3. The lowest BCUT2D eigenvalue weighted by Gasteiger charge is -2.21. The maximum absolute atomic E-state index is 13.6. The molecule has 0 saturated heterocycles. The fourth-order valence-corrected chi connectivity index (χ4v) is 5.27. The number of nitrogens with one attached hydrogen (secondary N) is 1. The predicted octanol–water partition coefficient (Wildman–Crippen LogP) is 4.02. The van der Waals surface area contributed by atoms with Crippen LogP contribution in [0.3, 0.4) is 0 Å². The summed E-state index contributed by atoms with van der Waals surface area (Å²) in [6.45, 7) is 1.06. The van der Waals surface area contributed by atoms with Crippen LogP contribution in [0.15, 0.2) is 77.8 Å². The van der Waals surface area contributed by atoms with Crippen LogP contribution in [0.25, 0.3) is 16.9 Å². The molecular formula is C26H27ClN4O5S. The van der Waals surface area contributed by atoms with Crippen LogP contribution >= 0.6 is 11.6 Å². The lowest BCUT2D eigenvalue weighted by atomic mass is 10.1. The van der Waals surface area contributed by atoms with Gasteiger partial charge >= 0.3 is 0 Å². The van der Waals surface area contributed by atoms with E-state index in [1.165, 1.54) is 24.0 Å². The van der Waals surface area contributed by atoms with Gasteiger partial charge in [-0.3, -0.25) is 0 Å². The summed E-state index contributed by atoms with van der Waals surface area (Å²) in [4.78, 5) is -0.358. The monoisotopic (exact) mass is 542 g/mol. The van der Waals surface area contributed by atoms with E-state index in [0.717, 1.165) is 10.4 Å². The average molecular weight is 543 g/mol. The molecule has 194 valence electrons. The van der Waals surface area contributed by atoms with Crippen molar-refractivity contribution in [2.45, 2.75) is 11.4 Å². The lowest BCUT2D eigenvalue weighted by molar-refractivity contribution is 0.312. The molecule has 3 N–H and O–H groups in total. The third kappa shape index (κ3) is 5.57. The first-order valence-electron chi connectivity index (χ1n) is 11.4. The summed E-state index contributed by atoms with van der Waals surface area (Å²) in [5, 5.41) is 28.9. The van der Waals surface area contributed by atoms with Gasteiger partial charge in [-0.25, -0.2) is 13.1 Å². The van der Waals surface area contributed by atoms with E-state index in [1.54, 1.807) is 48.5 Å². The molecule has 4 rings (SSSR count). The maximum atomic E-state index is 13.6. The van der Waals surface area contributed by atoms with Crippen molar-refractivity contribution in [3.63, 3.8) is 0 Å². The first kappa shape index (κ1) is 26.5. The predicted molar refractivity (Wildman–Crippen MR) is 142 cm³/mol. The number of nitrogens with zero attached hydrogens (tertiary/aromatic N) is 3. The van der Waals surface area contributed by atoms with E-state index in [1.807, 2.05) is 13.1 Å². The molecule has 9 nitrogen and oxygen atoms in total. The largest absolute Gasteiger partial charge is 0.507 e. The molecule has 1 heterocycles. The van der Waals surface area contributed by atoms with Crippen LogP contribution in [0, 0.1) is 0 Å². The van der Waals surface area contributed by atoms with Gasteiger partial charge in [0.2, 0.25) is 10.0 Å². The van der Waals surface area contributed by atoms with Crippen molar-refractivity contribution in [1.82, 2.24) is 19.4 Å². The minimum Gasteiger partial charge on any atom is -0.507 e. The minimum absolute atomic E-state index is 0.00522. The number of rotatable bonds is 10. The molecule has 0 unspecified atom stereocenters. The second kappa shape index (κ2) is 11.2. The van der Waals surface area contributed by atoms with Gasteiger partial charge in [-0.15, -0.1) is 0 Å². The molecule has 0 saturated carbocycles. The smallest absolute Gasteiger partial charge is 0.246 e. The molecule has 0 bridgehead atoms. The van der Waals surface area contributed by atoms with E-state index in [-0.39, 0.29) is 22.8 Å². The SMILES string of the molecule is CNCCOc1ccccc1CN(C)S(=O)(=O)c1cc(-c2ccnn2-c2ccccc2Cl)c(O)cc1O. The molecule has 1 aromatic heterocycles. The zero-order valence-corrected chi connectivity index (χ0v) is 21.9. The summed E-state index contributed by atoms with van der Waals surface area (Å²) in [5.74, 6) is -0.314. The number of aromatic nitrogens is 2. The standard InChI is InChI=1S/C26H27ClN4O5S/c1-28-13-14-36-25-10-6-3-7-18(25)17-30(2)37(34,35)26-15-19(23(32)16-24(26)33)21-11-12-29-31(21)22-9-5-4-8-20(22)27/h3-12,15-16,28,32-33H,13-14,17H2,1-2H3. The molecule has 0 fully saturated rings. The molecule has 0 aliphatic heterocycles. The molecule has 0 spiro atoms. The number of ether oxygens (including phenoxy) is 1. The number of phenols is 2. The van der Waals surface area contributed by atoms with E-state index in [9.17, 15) is 18.6 Å². The van der Waals surface area contributed by atoms with E-state index in [2.05, 4.69) is 10.4 Å². The normalized spacial score (nSPS) is 11.7. The van der Waals surface area contributed by atoms with E-state index in [4.69, 9.17) is 16.3 Å². The lowest BCUT2D eigenvalue weighted by Crippen LogP contribution is -2.27. The van der Waals surface area contributed by atoms with Crippen LogP contribution in [0.4, 0.5) is 0 Å². The minimum atomic E-state index is -4.18. The first-order chi connectivity index (χ1) is 17.7. The van der Waals surface area contributed by atoms with Crippen LogP contribution in [0.5, 0.6) is 17.2 Å². The molecular weight excluding hydrogens is 516 g/mol. The number of benzene rings is 3. The van der Waals surface area contributed by atoms with Gasteiger partial charge in [0, 0.05) is 37.3 Å². The molecule has 11 heteroatoms. The molecule has 4 aromatic rings. The van der Waals surface area contributed by atoms with Crippen molar-refractivity contribution < 1.29 is 23.4 Å². The highest BCUT2D eigenvalue weighted by molar-refractivity contribution is 7.89. The third-order valence-electron chi connectivity index (χ3n) is 5.74. The van der Waals surface area contributed by atoms with Gasteiger partial charge in [0.1, 0.15) is 28.8 Å². The van der Waals surface area contributed by atoms with Crippen molar-refractivity contribution in [2.24, 2.45) is 0 Å². The van der Waals surface area contributed by atoms with Gasteiger partial charge < -0.3 is 20.3 Å². The zero-order chi connectivity index (χ0) is 26.6. The van der Waals surface area contributed by atoms with Crippen molar-refractivity contribution in [1.29, 1.82) is 0 Å². The Morgan fingerprint density at radius 1 is 1.05 bits per heavy atom. The summed E-state index contributed by atoms with van der Waals surface area (Å²) in [7, 11) is -0.946. The topological polar surface area (TPSA) is 117 Å². The summed E-state index contributed by atoms with van der Waals surface area (Å²) in [6.07, 6.45) is 1.51. The van der Waals surface area contributed by atoms with Gasteiger partial charge in [-0.05, 0) is 37.4 Å². The van der Waals surface area contributed by atoms with Crippen LogP contribution in [-0.2, 0) is 16.6 Å². The number of hydrogen-bond acceptors (Lipinski definition) is 7. The van der Waals surface area contributed by atoms with Gasteiger partial charge in [0.05, 0.1) is 22.6 Å². The fourth-order valence-electron chi connectivity index (χ4n) is 3.82. The summed E-state index contributed by atoms with van der Waals surface area (Å²) in [5.41, 5.74) is 1.78. The number of sulfonamides is 1. The van der Waals surface area contributed by atoms with Crippen molar-refractivity contribution >= 4 is 21.6 Å². The number of aromatic hydroxyl groups is 2. The van der Waals surface area contributed by atoms with E-state index >= 15 is 0 Å². The molecule has 0 aliphatic carbocycles. The second-order valence-electron chi connectivity index (χ2n) is 8.24. The van der Waals surface area contributed by atoms with Crippen molar-refractivity contribution in [3.8, 4) is 34.2 Å². The highest BCUT2D eigenvalue weighted by Gasteiger charge is 2.28. The van der Waals surface area contributed by atoms with Crippen molar-refractivity contribution in [2.75, 3.05) is 27.2 Å². The molecule has 3 aromatic carbocycles. The molecule has 0 radical (unpaired) electrons. The van der Waals surface area contributed by atoms with Gasteiger partial charge in [0.25, 0.3) is 0 Å². The summed E-state index contributed by atoms with van der Waals surface area (Å²) < 4.78 is 35.5. The summed E-state index contributed by atoms with van der Waals surface area (Å²) in [6, 6.07) is 18.0. The third-order valence-corrected chi connectivity index (χ3v) is 7.89. The average Bonchev–Trinajstić information content (AvgIpc) is 3.34. The number of para-hydroxylation sites is 2. The number of likely N-dealkylation sites (N-methyl/N-ethyl adjacent to an activating group) is 1. The maximum Gasteiger partial charge on any atom is 0.246 e. The molecule has 37 heavy (non-hydrogen) atoms. The van der Waals surface area contributed by atoms with Crippen LogP contribution in [0.1, 0.15) is 5.56 Å². The Bertz CT molecular complexity index is 1510. The van der Waals surface area contributed by atoms with Crippen molar-refractivity contribution in [3.05, 3.63) is 83.5 Å². The Hall–Kier alpha value is -3.57. The fraction of sp³-hybridized carbons (Fsp3) is 0.192. The highest BCUT2D eigenvalue weighted by atomic mass is 35.5. The van der Waals surface area contributed by atoms with Crippen LogP contribution < -0.4 is 10.1 Å². The highest BCUT2D eigenvalue weighted by Crippen LogP contribution is 2.39. The quantitative estimate of drug-likeness (QED) is 0.259. The first-order valence-corrected chi connectivity index (χ1v) is 13.2. The van der Waals surface area contributed by atoms with Crippen LogP contribution in [0.2, 0.25) is 5.02 Å². The van der Waals surface area contributed by atoms with E-state index in [0.29, 0.717) is 40.9 Å². The van der Waals surface area contributed by atoms with Crippen LogP contribution in [-0.4, -0.2) is 60.0 Å². The molecule has 0 amide bonds. The van der Waals surface area contributed by atoms with Gasteiger partial charge in [-0.2, -0.15) is 9.40 Å². The zero-order valence-electron chi connectivity index (χ0n) is 20.3.